The minimum Gasteiger partial charge on any atom is -0.306 e. The van der Waals surface area contributed by atoms with Crippen LogP contribution in [0, 0.1) is 6.92 Å². The van der Waals surface area contributed by atoms with E-state index in [9.17, 15) is 4.79 Å². The zero-order valence-electron chi connectivity index (χ0n) is 14.3. The molecule has 0 radical (unpaired) electrons. The Kier molecular flexibility index (Phi) is 4.15. The Morgan fingerprint density at radius 3 is 2.65 bits per heavy atom. The maximum Gasteiger partial charge on any atom is 0.252 e. The Morgan fingerprint density at radius 2 is 1.85 bits per heavy atom. The first-order chi connectivity index (χ1) is 12.7. The van der Waals surface area contributed by atoms with Crippen LogP contribution in [0.1, 0.15) is 5.56 Å². The van der Waals surface area contributed by atoms with Crippen LogP contribution in [0.15, 0.2) is 73.3 Å². The number of para-hydroxylation sites is 1. The van der Waals surface area contributed by atoms with E-state index in [1.54, 1.807) is 28.2 Å². The molecule has 0 atom stereocenters. The second kappa shape index (κ2) is 6.76. The van der Waals surface area contributed by atoms with Crippen LogP contribution in [0.3, 0.4) is 0 Å². The molecule has 0 bridgehead atoms. The van der Waals surface area contributed by atoms with E-state index in [0.717, 1.165) is 16.8 Å². The van der Waals surface area contributed by atoms with Crippen molar-refractivity contribution in [2.75, 3.05) is 4.90 Å². The summed E-state index contributed by atoms with van der Waals surface area (Å²) in [4.78, 5) is 27.8. The summed E-state index contributed by atoms with van der Waals surface area (Å²) in [6.45, 7) is 2.10. The number of aryl methyl sites for hydroxylation is 1. The Bertz CT molecular complexity index is 1060. The van der Waals surface area contributed by atoms with Crippen molar-refractivity contribution in [3.63, 3.8) is 0 Å². The van der Waals surface area contributed by atoms with Crippen LogP contribution in [-0.4, -0.2) is 25.4 Å². The molecule has 1 aromatic carbocycles. The molecule has 0 saturated heterocycles. The van der Waals surface area contributed by atoms with Gasteiger partial charge in [0, 0.05) is 12.4 Å². The van der Waals surface area contributed by atoms with Crippen molar-refractivity contribution in [3.05, 3.63) is 78.9 Å². The molecule has 4 aromatic rings. The molecule has 3 aromatic heterocycles. The van der Waals surface area contributed by atoms with Gasteiger partial charge >= 0.3 is 0 Å². The quantitative estimate of drug-likeness (QED) is 0.569. The topological polar surface area (TPSA) is 63.9 Å². The lowest BCUT2D eigenvalue weighted by Gasteiger charge is -2.22. The highest BCUT2D eigenvalue weighted by molar-refractivity contribution is 5.99. The predicted octanol–water partition coefficient (Wildman–Crippen LogP) is 3.50. The molecule has 4 rings (SSSR count). The molecule has 128 valence electrons. The molecule has 3 heterocycles. The molecule has 0 saturated carbocycles. The molecule has 0 spiro atoms. The summed E-state index contributed by atoms with van der Waals surface area (Å²) in [5, 5.41) is 0. The minimum atomic E-state index is -0.112. The van der Waals surface area contributed by atoms with Crippen LogP contribution in [-0.2, 0) is 11.3 Å². The second-order valence-corrected chi connectivity index (χ2v) is 5.97. The number of aromatic nitrogens is 4. The fourth-order valence-corrected chi connectivity index (χ4v) is 2.85. The number of pyridine rings is 2. The number of benzene rings is 1. The van der Waals surface area contributed by atoms with Gasteiger partial charge in [-0.15, -0.1) is 0 Å². The molecule has 6 nitrogen and oxygen atoms in total. The summed E-state index contributed by atoms with van der Waals surface area (Å²) in [5.41, 5.74) is 3.26. The van der Waals surface area contributed by atoms with E-state index in [1.165, 1.54) is 0 Å². The van der Waals surface area contributed by atoms with Gasteiger partial charge in [0.25, 0.3) is 5.91 Å². The number of amides is 1. The van der Waals surface area contributed by atoms with Crippen LogP contribution in [0.4, 0.5) is 11.5 Å². The van der Waals surface area contributed by atoms with Crippen molar-refractivity contribution in [1.29, 1.82) is 0 Å². The average molecular weight is 343 g/mol. The predicted molar refractivity (Wildman–Crippen MR) is 100 cm³/mol. The first-order valence-corrected chi connectivity index (χ1v) is 8.29. The zero-order chi connectivity index (χ0) is 17.9. The first kappa shape index (κ1) is 16.0. The van der Waals surface area contributed by atoms with E-state index in [1.807, 2.05) is 61.5 Å². The molecule has 26 heavy (non-hydrogen) atoms. The van der Waals surface area contributed by atoms with E-state index in [-0.39, 0.29) is 12.5 Å². The van der Waals surface area contributed by atoms with Gasteiger partial charge in [-0.1, -0.05) is 18.2 Å². The normalized spacial score (nSPS) is 10.8. The van der Waals surface area contributed by atoms with Gasteiger partial charge < -0.3 is 4.57 Å². The molecular weight excluding hydrogens is 326 g/mol. The third kappa shape index (κ3) is 3.04. The molecule has 0 aliphatic rings. The number of carbonyl (C=O) groups is 1. The standard InChI is InChI=1S/C20H17N5O/c1-15-9-11-21-18(12-15)25(16-6-3-2-4-7-16)19(26)13-24-14-23-17-8-5-10-22-20(17)24/h2-12,14H,13H2,1H3. The molecule has 0 unspecified atom stereocenters. The first-order valence-electron chi connectivity index (χ1n) is 8.29. The minimum absolute atomic E-state index is 0.112. The van der Waals surface area contributed by atoms with Gasteiger partial charge in [-0.2, -0.15) is 0 Å². The third-order valence-electron chi connectivity index (χ3n) is 4.07. The fraction of sp³-hybridized carbons (Fsp3) is 0.100. The van der Waals surface area contributed by atoms with Crippen molar-refractivity contribution in [3.8, 4) is 0 Å². The fourth-order valence-electron chi connectivity index (χ4n) is 2.85. The maximum absolute atomic E-state index is 13.2. The second-order valence-electron chi connectivity index (χ2n) is 5.97. The number of fused-ring (bicyclic) bond motifs is 1. The molecular formula is C20H17N5O. The number of imidazole rings is 1. The highest BCUT2D eigenvalue weighted by Gasteiger charge is 2.20. The van der Waals surface area contributed by atoms with Crippen molar-refractivity contribution in [1.82, 2.24) is 19.5 Å². The van der Waals surface area contributed by atoms with Gasteiger partial charge in [0.1, 0.15) is 17.9 Å². The molecule has 0 aliphatic carbocycles. The van der Waals surface area contributed by atoms with Crippen molar-refractivity contribution >= 4 is 28.6 Å². The Balaban J connectivity index is 1.73. The van der Waals surface area contributed by atoms with Gasteiger partial charge in [0.2, 0.25) is 0 Å². The number of anilines is 2. The number of rotatable bonds is 4. The smallest absolute Gasteiger partial charge is 0.252 e. The largest absolute Gasteiger partial charge is 0.306 e. The summed E-state index contributed by atoms with van der Waals surface area (Å²) < 4.78 is 1.75. The molecule has 6 heteroatoms. The van der Waals surface area contributed by atoms with Crippen LogP contribution in [0.5, 0.6) is 0 Å². The van der Waals surface area contributed by atoms with Gasteiger partial charge in [-0.3, -0.25) is 9.69 Å². The van der Waals surface area contributed by atoms with Crippen LogP contribution in [0.2, 0.25) is 0 Å². The van der Waals surface area contributed by atoms with Gasteiger partial charge in [0.15, 0.2) is 5.65 Å². The van der Waals surface area contributed by atoms with Crippen molar-refractivity contribution in [2.45, 2.75) is 13.5 Å². The van der Waals surface area contributed by atoms with Crippen molar-refractivity contribution < 1.29 is 4.79 Å². The van der Waals surface area contributed by atoms with Gasteiger partial charge in [-0.05, 0) is 48.9 Å². The lowest BCUT2D eigenvalue weighted by atomic mass is 10.2. The molecule has 1 amide bonds. The molecule has 0 N–H and O–H groups in total. The summed E-state index contributed by atoms with van der Waals surface area (Å²) in [6, 6.07) is 17.0. The summed E-state index contributed by atoms with van der Waals surface area (Å²) in [5.74, 6) is 0.484. The zero-order valence-corrected chi connectivity index (χ0v) is 14.3. The Morgan fingerprint density at radius 1 is 1.00 bits per heavy atom. The lowest BCUT2D eigenvalue weighted by Crippen LogP contribution is -2.30. The lowest BCUT2D eigenvalue weighted by molar-refractivity contribution is -0.118. The molecule has 0 fully saturated rings. The number of nitrogens with zero attached hydrogens (tertiary/aromatic N) is 5. The monoisotopic (exact) mass is 343 g/mol. The van der Waals surface area contributed by atoms with Crippen LogP contribution >= 0.6 is 0 Å². The maximum atomic E-state index is 13.2. The Hall–Kier alpha value is -3.54. The van der Waals surface area contributed by atoms with E-state index in [2.05, 4.69) is 15.0 Å². The van der Waals surface area contributed by atoms with Crippen LogP contribution < -0.4 is 4.90 Å². The van der Waals surface area contributed by atoms with Gasteiger partial charge in [-0.25, -0.2) is 15.0 Å². The molecule has 0 aliphatic heterocycles. The number of carbonyl (C=O) groups excluding carboxylic acids is 1. The summed E-state index contributed by atoms with van der Waals surface area (Å²) in [7, 11) is 0. The average Bonchev–Trinajstić information content (AvgIpc) is 3.06. The highest BCUT2D eigenvalue weighted by atomic mass is 16.2. The van der Waals surface area contributed by atoms with E-state index < -0.39 is 0 Å². The highest BCUT2D eigenvalue weighted by Crippen LogP contribution is 2.25. The SMILES string of the molecule is Cc1ccnc(N(C(=O)Cn2cnc3cccnc32)c2ccccc2)c1. The van der Waals surface area contributed by atoms with Gasteiger partial charge in [0.05, 0.1) is 12.0 Å². The van der Waals surface area contributed by atoms with Crippen LogP contribution in [0.25, 0.3) is 11.2 Å². The third-order valence-corrected chi connectivity index (χ3v) is 4.07. The number of hydrogen-bond donors (Lipinski definition) is 0. The summed E-state index contributed by atoms with van der Waals surface area (Å²) in [6.07, 6.45) is 5.05. The number of hydrogen-bond acceptors (Lipinski definition) is 4. The van der Waals surface area contributed by atoms with E-state index >= 15 is 0 Å². The Labute approximate surface area is 150 Å². The van der Waals surface area contributed by atoms with E-state index in [0.29, 0.717) is 11.5 Å². The summed E-state index contributed by atoms with van der Waals surface area (Å²) >= 11 is 0. The van der Waals surface area contributed by atoms with E-state index in [4.69, 9.17) is 0 Å². The van der Waals surface area contributed by atoms with Crippen molar-refractivity contribution in [2.24, 2.45) is 0 Å².